The van der Waals surface area contributed by atoms with Crippen LogP contribution in [-0.2, 0) is 6.42 Å². The Morgan fingerprint density at radius 2 is 2.16 bits per heavy atom. The van der Waals surface area contributed by atoms with E-state index in [0.29, 0.717) is 0 Å². The highest BCUT2D eigenvalue weighted by atomic mass is 16.3. The Morgan fingerprint density at radius 1 is 1.36 bits per heavy atom. The van der Waals surface area contributed by atoms with Crippen LogP contribution in [0.3, 0.4) is 0 Å². The smallest absolute Gasteiger partial charge is 0.116 e. The number of hydrogen-bond donors (Lipinski definition) is 4. The molecule has 4 atom stereocenters. The number of hydrogen-bond acceptors (Lipinski definition) is 4. The predicted molar refractivity (Wildman–Crippen MR) is 97.5 cm³/mol. The number of allylic oxidation sites excluding steroid dienone is 1. The monoisotopic (exact) mass is 342 g/mol. The molecule has 134 valence electrons. The number of H-pyrrole nitrogens is 1. The first-order valence-electron chi connectivity index (χ1n) is 9.01. The Hall–Kier alpha value is -1.82. The third-order valence-corrected chi connectivity index (χ3v) is 6.41. The van der Waals surface area contributed by atoms with Crippen LogP contribution in [0.4, 0.5) is 0 Å². The first kappa shape index (κ1) is 16.6. The fraction of sp³-hybridized carbons (Fsp3) is 0.500. The van der Waals surface area contributed by atoms with Crippen LogP contribution in [-0.4, -0.2) is 51.5 Å². The molecular weight excluding hydrogens is 316 g/mol. The topological polar surface area (TPSA) is 79.7 Å². The van der Waals surface area contributed by atoms with Gasteiger partial charge in [-0.1, -0.05) is 6.08 Å². The highest BCUT2D eigenvalue weighted by Gasteiger charge is 2.47. The van der Waals surface area contributed by atoms with Gasteiger partial charge in [-0.3, -0.25) is 4.90 Å². The number of nitrogens with zero attached hydrogens (tertiary/aromatic N) is 1. The van der Waals surface area contributed by atoms with Crippen molar-refractivity contribution in [1.29, 1.82) is 0 Å². The Bertz CT molecular complexity index is 826. The van der Waals surface area contributed by atoms with Gasteiger partial charge in [0.15, 0.2) is 0 Å². The van der Waals surface area contributed by atoms with E-state index in [1.165, 1.54) is 11.3 Å². The van der Waals surface area contributed by atoms with Crippen LogP contribution in [0.2, 0.25) is 0 Å². The summed E-state index contributed by atoms with van der Waals surface area (Å²) in [5.74, 6) is 0.584. The summed E-state index contributed by atoms with van der Waals surface area (Å²) in [6.07, 6.45) is 3.72. The van der Waals surface area contributed by atoms with Gasteiger partial charge in [0.2, 0.25) is 0 Å². The largest absolute Gasteiger partial charge is 0.508 e. The van der Waals surface area contributed by atoms with Crippen LogP contribution in [0.5, 0.6) is 5.75 Å². The molecule has 0 aliphatic carbocycles. The molecular formula is C20H26N2O3. The molecule has 0 unspecified atom stereocenters. The number of rotatable bonds is 3. The number of nitrogens with one attached hydrogen (secondary N) is 1. The minimum Gasteiger partial charge on any atom is -0.508 e. The van der Waals surface area contributed by atoms with Gasteiger partial charge in [0, 0.05) is 35.2 Å². The number of fused-ring (bicyclic) bond motifs is 6. The molecule has 1 fully saturated rings. The molecule has 5 nitrogen and oxygen atoms in total. The number of aliphatic hydroxyl groups excluding tert-OH is 2. The summed E-state index contributed by atoms with van der Waals surface area (Å²) >= 11 is 0. The molecule has 4 N–H and O–H groups in total. The summed E-state index contributed by atoms with van der Waals surface area (Å²) in [5.41, 5.74) is 4.56. The highest BCUT2D eigenvalue weighted by molar-refractivity contribution is 5.86. The van der Waals surface area contributed by atoms with E-state index < -0.39 is 0 Å². The van der Waals surface area contributed by atoms with Gasteiger partial charge in [-0.05, 0) is 62.1 Å². The van der Waals surface area contributed by atoms with Gasteiger partial charge in [-0.2, -0.15) is 0 Å². The second-order valence-electron chi connectivity index (χ2n) is 7.41. The van der Waals surface area contributed by atoms with Gasteiger partial charge in [-0.15, -0.1) is 0 Å². The number of benzene rings is 1. The zero-order valence-electron chi connectivity index (χ0n) is 14.7. The molecule has 1 saturated heterocycles. The minimum absolute atomic E-state index is 0.0499. The van der Waals surface area contributed by atoms with E-state index in [0.717, 1.165) is 29.3 Å². The normalized spacial score (nSPS) is 29.8. The summed E-state index contributed by atoms with van der Waals surface area (Å²) in [4.78, 5) is 5.93. The summed E-state index contributed by atoms with van der Waals surface area (Å²) in [6, 6.07) is 5.94. The van der Waals surface area contributed by atoms with Gasteiger partial charge in [0.25, 0.3) is 0 Å². The summed E-state index contributed by atoms with van der Waals surface area (Å²) < 4.78 is 0. The molecule has 25 heavy (non-hydrogen) atoms. The Kier molecular flexibility index (Phi) is 4.10. The maximum absolute atomic E-state index is 10.1. The van der Waals surface area contributed by atoms with Crippen LogP contribution < -0.4 is 0 Å². The third kappa shape index (κ3) is 2.41. The number of likely N-dealkylation sites (N-methyl/N-ethyl adjacent to an activating group) is 1. The number of piperidine rings is 1. The standard InChI is InChI=1S/C20H26N2O3/c1-3-11(9-23)13-7-19-20-15(8-18(22(19)2)16(13)10-24)14-6-12(25)4-5-17(14)21-20/h3-6,13,16,18-19,21,23-25H,7-10H2,1-2H3/t13-,16-,18-,19-/m0/s1. The summed E-state index contributed by atoms with van der Waals surface area (Å²) in [6.45, 7) is 2.13. The lowest BCUT2D eigenvalue weighted by atomic mass is 9.68. The van der Waals surface area contributed by atoms with Crippen LogP contribution in [0, 0.1) is 11.8 Å². The lowest BCUT2D eigenvalue weighted by molar-refractivity contribution is -0.00908. The van der Waals surface area contributed by atoms with Crippen LogP contribution in [0.15, 0.2) is 29.8 Å². The lowest BCUT2D eigenvalue weighted by Gasteiger charge is -2.51. The number of aromatic hydroxyl groups is 1. The molecule has 0 amide bonds. The Balaban J connectivity index is 1.84. The van der Waals surface area contributed by atoms with Crippen molar-refractivity contribution in [2.24, 2.45) is 11.8 Å². The fourth-order valence-electron chi connectivity index (χ4n) is 5.07. The van der Waals surface area contributed by atoms with E-state index in [2.05, 4.69) is 16.9 Å². The molecule has 3 heterocycles. The van der Waals surface area contributed by atoms with E-state index in [1.807, 2.05) is 25.1 Å². The number of aromatic nitrogens is 1. The minimum atomic E-state index is 0.0499. The number of aromatic amines is 1. The van der Waals surface area contributed by atoms with Crippen LogP contribution in [0.1, 0.15) is 30.6 Å². The van der Waals surface area contributed by atoms with Gasteiger partial charge < -0.3 is 20.3 Å². The summed E-state index contributed by atoms with van der Waals surface area (Å²) in [7, 11) is 2.13. The molecule has 0 spiro atoms. The molecule has 2 aromatic rings. The lowest BCUT2D eigenvalue weighted by Crippen LogP contribution is -2.54. The zero-order valence-corrected chi connectivity index (χ0v) is 14.7. The highest BCUT2D eigenvalue weighted by Crippen LogP contribution is 2.49. The van der Waals surface area contributed by atoms with Crippen molar-refractivity contribution in [1.82, 2.24) is 9.88 Å². The molecule has 2 bridgehead atoms. The first-order valence-corrected chi connectivity index (χ1v) is 9.01. The first-order chi connectivity index (χ1) is 12.1. The third-order valence-electron chi connectivity index (χ3n) is 6.41. The van der Waals surface area contributed by atoms with Crippen molar-refractivity contribution in [3.05, 3.63) is 41.1 Å². The van der Waals surface area contributed by atoms with Gasteiger partial charge >= 0.3 is 0 Å². The molecule has 1 aromatic carbocycles. The van der Waals surface area contributed by atoms with E-state index in [4.69, 9.17) is 0 Å². The summed E-state index contributed by atoms with van der Waals surface area (Å²) in [5, 5.41) is 30.8. The van der Waals surface area contributed by atoms with E-state index in [-0.39, 0.29) is 42.9 Å². The second-order valence-corrected chi connectivity index (χ2v) is 7.41. The van der Waals surface area contributed by atoms with Crippen molar-refractivity contribution in [3.63, 3.8) is 0 Å². The fourth-order valence-corrected chi connectivity index (χ4v) is 5.07. The Morgan fingerprint density at radius 3 is 2.84 bits per heavy atom. The SMILES string of the molecule is CC=C(CO)[C@@H]1C[C@H]2c3[nH]c4ccc(O)cc4c3C[C@@H]([C@H]1CO)N2C. The van der Waals surface area contributed by atoms with E-state index >= 15 is 0 Å². The van der Waals surface area contributed by atoms with E-state index in [9.17, 15) is 15.3 Å². The Labute approximate surface area is 147 Å². The van der Waals surface area contributed by atoms with Crippen molar-refractivity contribution in [2.75, 3.05) is 20.3 Å². The van der Waals surface area contributed by atoms with Crippen molar-refractivity contribution < 1.29 is 15.3 Å². The van der Waals surface area contributed by atoms with Crippen molar-refractivity contribution in [2.45, 2.75) is 31.8 Å². The number of aliphatic hydroxyl groups is 2. The van der Waals surface area contributed by atoms with Gasteiger partial charge in [0.1, 0.15) is 5.75 Å². The number of phenolic OH excluding ortho intramolecular Hbond substituents is 1. The quantitative estimate of drug-likeness (QED) is 0.646. The molecule has 0 saturated carbocycles. The predicted octanol–water partition coefficient (Wildman–Crippen LogP) is 2.34. The van der Waals surface area contributed by atoms with Crippen molar-refractivity contribution >= 4 is 10.9 Å². The molecule has 1 aromatic heterocycles. The molecule has 0 radical (unpaired) electrons. The molecule has 2 aliphatic heterocycles. The molecule has 4 rings (SSSR count). The zero-order chi connectivity index (χ0) is 17.7. The maximum atomic E-state index is 10.1. The average Bonchev–Trinajstić information content (AvgIpc) is 2.95. The maximum Gasteiger partial charge on any atom is 0.116 e. The van der Waals surface area contributed by atoms with Gasteiger partial charge in [-0.25, -0.2) is 0 Å². The van der Waals surface area contributed by atoms with E-state index in [1.54, 1.807) is 6.07 Å². The molecule has 2 aliphatic rings. The average molecular weight is 342 g/mol. The second kappa shape index (κ2) is 6.16. The van der Waals surface area contributed by atoms with Crippen LogP contribution >= 0.6 is 0 Å². The van der Waals surface area contributed by atoms with Gasteiger partial charge in [0.05, 0.1) is 12.6 Å². The number of phenols is 1. The van der Waals surface area contributed by atoms with Crippen molar-refractivity contribution in [3.8, 4) is 5.75 Å². The molecule has 5 heteroatoms. The van der Waals surface area contributed by atoms with Crippen LogP contribution in [0.25, 0.3) is 10.9 Å².